The molecule has 1 amide bonds. The van der Waals surface area contributed by atoms with Gasteiger partial charge in [-0.25, -0.2) is 9.00 Å². The van der Waals surface area contributed by atoms with Crippen LogP contribution in [-0.2, 0) is 32.0 Å². The minimum absolute atomic E-state index is 0.0101. The Morgan fingerprint density at radius 2 is 1.71 bits per heavy atom. The molecule has 0 spiro atoms. The summed E-state index contributed by atoms with van der Waals surface area (Å²) in [4.78, 5) is 27.2. The molecule has 1 saturated heterocycles. The zero-order valence-corrected chi connectivity index (χ0v) is 23.2. The van der Waals surface area contributed by atoms with Crippen LogP contribution < -0.4 is 15.2 Å². The fourth-order valence-corrected chi connectivity index (χ4v) is 5.79. The van der Waals surface area contributed by atoms with Crippen molar-refractivity contribution in [2.45, 2.75) is 44.7 Å². The molecular formula is C29H29F3N2O6S. The molecule has 0 bridgehead atoms. The van der Waals surface area contributed by atoms with Gasteiger partial charge < -0.3 is 20.0 Å². The highest BCUT2D eigenvalue weighted by Crippen LogP contribution is 2.35. The Morgan fingerprint density at radius 3 is 2.34 bits per heavy atom. The first-order valence-corrected chi connectivity index (χ1v) is 13.9. The molecule has 1 aliphatic rings. The molecule has 41 heavy (non-hydrogen) atoms. The fourth-order valence-electron chi connectivity index (χ4n) is 4.47. The molecule has 3 aromatic rings. The van der Waals surface area contributed by atoms with Crippen molar-refractivity contribution in [3.63, 3.8) is 0 Å². The molecule has 0 radical (unpaired) electrons. The van der Waals surface area contributed by atoms with Crippen molar-refractivity contribution in [1.82, 2.24) is 4.47 Å². The van der Waals surface area contributed by atoms with Crippen LogP contribution in [0.3, 0.4) is 0 Å². The normalized spacial score (nSPS) is 17.0. The van der Waals surface area contributed by atoms with Crippen LogP contribution in [0.25, 0.3) is 11.1 Å². The van der Waals surface area contributed by atoms with E-state index in [-0.39, 0.29) is 17.5 Å². The molecule has 0 aliphatic carbocycles. The lowest BCUT2D eigenvalue weighted by molar-refractivity contribution is -0.221. The SMILES string of the molecule is Cc1cc(OCCCN)cc(C)c1-c1cccc(COc2ccc(C3CC(=O)N(OC(=O)C(F)(F)F)S3=O)cc2)c1. The van der Waals surface area contributed by atoms with Gasteiger partial charge in [0.2, 0.25) is 0 Å². The van der Waals surface area contributed by atoms with E-state index >= 15 is 0 Å². The van der Waals surface area contributed by atoms with Crippen molar-refractivity contribution in [3.05, 3.63) is 82.9 Å². The molecule has 218 valence electrons. The number of nitrogens with zero attached hydrogens (tertiary/aromatic N) is 1. The molecular weight excluding hydrogens is 561 g/mol. The quantitative estimate of drug-likeness (QED) is 0.322. The summed E-state index contributed by atoms with van der Waals surface area (Å²) in [5.74, 6) is -2.28. The van der Waals surface area contributed by atoms with Gasteiger partial charge in [-0.05, 0) is 90.5 Å². The number of benzene rings is 3. The lowest BCUT2D eigenvalue weighted by Gasteiger charge is -2.16. The van der Waals surface area contributed by atoms with E-state index in [1.165, 1.54) is 0 Å². The third kappa shape index (κ3) is 7.25. The molecule has 0 saturated carbocycles. The lowest BCUT2D eigenvalue weighted by atomic mass is 9.94. The number of hydroxylamine groups is 1. The summed E-state index contributed by atoms with van der Waals surface area (Å²) in [6.07, 6.45) is -4.90. The minimum atomic E-state index is -5.32. The standard InChI is InChI=1S/C29H29F3N2O6S/c1-18-13-24(38-12-4-11-33)14-19(2)27(18)22-6-3-5-20(15-22)17-39-23-9-7-21(8-10-23)25-16-26(35)34(41(25)37)40-28(36)29(30,31)32/h3,5-10,13-15,25H,4,11-12,16-17,33H2,1-2H3. The third-order valence-electron chi connectivity index (χ3n) is 6.36. The number of carbonyl (C=O) groups excluding carboxylic acids is 2. The summed E-state index contributed by atoms with van der Waals surface area (Å²) >= 11 is 0. The van der Waals surface area contributed by atoms with Crippen molar-refractivity contribution >= 4 is 22.9 Å². The van der Waals surface area contributed by atoms with Gasteiger partial charge in [-0.1, -0.05) is 34.8 Å². The molecule has 2 unspecified atom stereocenters. The van der Waals surface area contributed by atoms with Gasteiger partial charge in [-0.15, -0.1) is 0 Å². The summed E-state index contributed by atoms with van der Waals surface area (Å²) in [7, 11) is -2.32. The van der Waals surface area contributed by atoms with Crippen molar-refractivity contribution in [2.24, 2.45) is 5.73 Å². The third-order valence-corrected chi connectivity index (χ3v) is 7.89. The number of nitrogens with two attached hydrogens (primary N) is 1. The van der Waals surface area contributed by atoms with Crippen LogP contribution in [0.2, 0.25) is 0 Å². The van der Waals surface area contributed by atoms with Gasteiger partial charge in [0, 0.05) is 0 Å². The van der Waals surface area contributed by atoms with Crippen LogP contribution in [0, 0.1) is 13.8 Å². The number of amides is 1. The predicted molar refractivity (Wildman–Crippen MR) is 146 cm³/mol. The van der Waals surface area contributed by atoms with Gasteiger partial charge in [0.15, 0.2) is 11.0 Å². The molecule has 1 aliphatic heterocycles. The van der Waals surface area contributed by atoms with Crippen molar-refractivity contribution < 1.29 is 41.3 Å². The molecule has 0 aromatic heterocycles. The van der Waals surface area contributed by atoms with E-state index in [2.05, 4.69) is 4.84 Å². The summed E-state index contributed by atoms with van der Waals surface area (Å²) in [5, 5.41) is -0.960. The molecule has 1 heterocycles. The molecule has 12 heteroatoms. The van der Waals surface area contributed by atoms with Crippen LogP contribution in [-0.4, -0.2) is 39.9 Å². The number of alkyl halides is 3. The van der Waals surface area contributed by atoms with Crippen LogP contribution in [0.4, 0.5) is 13.2 Å². The van der Waals surface area contributed by atoms with E-state index in [0.29, 0.717) is 24.5 Å². The Labute approximate surface area is 237 Å². The maximum absolute atomic E-state index is 12.6. The van der Waals surface area contributed by atoms with E-state index in [1.54, 1.807) is 24.3 Å². The molecule has 8 nitrogen and oxygen atoms in total. The van der Waals surface area contributed by atoms with Crippen LogP contribution >= 0.6 is 0 Å². The first-order chi connectivity index (χ1) is 19.5. The number of hydrogen-bond donors (Lipinski definition) is 1. The molecule has 4 rings (SSSR count). The smallest absolute Gasteiger partial charge is 0.493 e. The fraction of sp³-hybridized carbons (Fsp3) is 0.310. The average Bonchev–Trinajstić information content (AvgIpc) is 3.20. The van der Waals surface area contributed by atoms with E-state index in [0.717, 1.165) is 40.0 Å². The molecule has 2 atom stereocenters. The van der Waals surface area contributed by atoms with E-state index < -0.39 is 34.3 Å². The molecule has 3 aromatic carbocycles. The van der Waals surface area contributed by atoms with Gasteiger partial charge in [-0.2, -0.15) is 13.2 Å². The first-order valence-electron chi connectivity index (χ1n) is 12.8. The predicted octanol–water partition coefficient (Wildman–Crippen LogP) is 5.23. The minimum Gasteiger partial charge on any atom is -0.494 e. The maximum Gasteiger partial charge on any atom is 0.493 e. The molecule has 1 fully saturated rings. The second kappa shape index (κ2) is 12.7. The highest BCUT2D eigenvalue weighted by atomic mass is 32.2. The summed E-state index contributed by atoms with van der Waals surface area (Å²) in [6.45, 7) is 5.47. The summed E-state index contributed by atoms with van der Waals surface area (Å²) in [6, 6.07) is 18.3. The number of ether oxygens (including phenoxy) is 2. The Kier molecular flexibility index (Phi) is 9.34. The van der Waals surface area contributed by atoms with Gasteiger partial charge >= 0.3 is 12.1 Å². The van der Waals surface area contributed by atoms with Crippen LogP contribution in [0.15, 0.2) is 60.7 Å². The Balaban J connectivity index is 1.40. The summed E-state index contributed by atoms with van der Waals surface area (Å²) in [5.41, 5.74) is 11.2. The number of hydrogen-bond acceptors (Lipinski definition) is 7. The van der Waals surface area contributed by atoms with Gasteiger partial charge in [0.05, 0.1) is 18.3 Å². The molecule has 2 N–H and O–H groups in total. The van der Waals surface area contributed by atoms with Gasteiger partial charge in [0.25, 0.3) is 5.91 Å². The van der Waals surface area contributed by atoms with E-state index in [9.17, 15) is 27.0 Å². The highest BCUT2D eigenvalue weighted by Gasteiger charge is 2.48. The number of rotatable bonds is 10. The lowest BCUT2D eigenvalue weighted by Crippen LogP contribution is -2.36. The summed E-state index contributed by atoms with van der Waals surface area (Å²) < 4.78 is 61.8. The topological polar surface area (TPSA) is 108 Å². The average molecular weight is 591 g/mol. The first kappa shape index (κ1) is 30.1. The zero-order chi connectivity index (χ0) is 29.7. The van der Waals surface area contributed by atoms with Crippen LogP contribution in [0.1, 0.15) is 40.3 Å². The number of aryl methyl sites for hydroxylation is 2. The Bertz CT molecular complexity index is 1420. The zero-order valence-electron chi connectivity index (χ0n) is 22.4. The highest BCUT2D eigenvalue weighted by molar-refractivity contribution is 7.83. The second-order valence-corrected chi connectivity index (χ2v) is 10.9. The largest absolute Gasteiger partial charge is 0.494 e. The van der Waals surface area contributed by atoms with E-state index in [4.69, 9.17) is 15.2 Å². The van der Waals surface area contributed by atoms with Crippen molar-refractivity contribution in [2.75, 3.05) is 13.2 Å². The van der Waals surface area contributed by atoms with E-state index in [1.807, 2.05) is 50.2 Å². The Morgan fingerprint density at radius 1 is 1.02 bits per heavy atom. The number of halogens is 3. The van der Waals surface area contributed by atoms with Gasteiger partial charge in [0.1, 0.15) is 18.1 Å². The van der Waals surface area contributed by atoms with Crippen molar-refractivity contribution in [3.8, 4) is 22.6 Å². The monoisotopic (exact) mass is 590 g/mol. The van der Waals surface area contributed by atoms with Gasteiger partial charge in [-0.3, -0.25) is 4.79 Å². The van der Waals surface area contributed by atoms with Crippen LogP contribution in [0.5, 0.6) is 11.5 Å². The van der Waals surface area contributed by atoms with Crippen molar-refractivity contribution in [1.29, 1.82) is 0 Å². The maximum atomic E-state index is 12.6. The number of carbonyl (C=O) groups is 2. The second-order valence-electron chi connectivity index (χ2n) is 9.48. The Hall–Kier alpha value is -3.90.